The summed E-state index contributed by atoms with van der Waals surface area (Å²) in [4.78, 5) is 18.6. The summed E-state index contributed by atoms with van der Waals surface area (Å²) in [5.74, 6) is 1.42. The van der Waals surface area contributed by atoms with Gasteiger partial charge in [0.2, 0.25) is 11.0 Å². The molecule has 11 heteroatoms. The van der Waals surface area contributed by atoms with Crippen molar-refractivity contribution in [3.05, 3.63) is 29.8 Å². The molecule has 0 aromatic carbocycles. The summed E-state index contributed by atoms with van der Waals surface area (Å²) in [5, 5.41) is 25.3. The molecule has 1 aliphatic rings. The molecule has 0 atom stereocenters. The Balaban J connectivity index is 1.28. The fourth-order valence-corrected chi connectivity index (χ4v) is 4.03. The summed E-state index contributed by atoms with van der Waals surface area (Å²) in [6.45, 7) is 3.66. The molecular weight excluding hydrogens is 390 g/mol. The lowest BCUT2D eigenvalue weighted by Crippen LogP contribution is -2.38. The highest BCUT2D eigenvalue weighted by molar-refractivity contribution is 7.15. The zero-order valence-electron chi connectivity index (χ0n) is 16.2. The Kier molecular flexibility index (Phi) is 6.03. The van der Waals surface area contributed by atoms with Crippen LogP contribution in [0.4, 0.5) is 10.9 Å². The molecule has 29 heavy (non-hydrogen) atoms. The number of carbonyl (C=O) groups is 1. The minimum absolute atomic E-state index is 0.0236. The predicted molar refractivity (Wildman–Crippen MR) is 109 cm³/mol. The van der Waals surface area contributed by atoms with Crippen molar-refractivity contribution in [2.24, 2.45) is 5.92 Å². The van der Waals surface area contributed by atoms with Crippen LogP contribution in [0.3, 0.4) is 0 Å². The SMILES string of the molecule is CCCCc1nnc(NC(=O)C2CCN(c3ccc(-n4cncn4)nn3)CC2)s1. The number of amides is 1. The van der Waals surface area contributed by atoms with Gasteiger partial charge in [-0.15, -0.1) is 20.4 Å². The second kappa shape index (κ2) is 9.03. The van der Waals surface area contributed by atoms with Crippen LogP contribution in [0, 0.1) is 5.92 Å². The van der Waals surface area contributed by atoms with Crippen LogP contribution >= 0.6 is 11.3 Å². The van der Waals surface area contributed by atoms with Gasteiger partial charge in [0.25, 0.3) is 0 Å². The van der Waals surface area contributed by atoms with E-state index in [-0.39, 0.29) is 11.8 Å². The second-order valence-corrected chi connectivity index (χ2v) is 8.01. The van der Waals surface area contributed by atoms with E-state index in [0.717, 1.165) is 56.0 Å². The molecule has 4 rings (SSSR count). The van der Waals surface area contributed by atoms with Crippen LogP contribution in [0.5, 0.6) is 0 Å². The van der Waals surface area contributed by atoms with Crippen molar-refractivity contribution in [3.63, 3.8) is 0 Å². The van der Waals surface area contributed by atoms with Crippen molar-refractivity contribution < 1.29 is 4.79 Å². The van der Waals surface area contributed by atoms with Crippen molar-refractivity contribution in [1.29, 1.82) is 0 Å². The summed E-state index contributed by atoms with van der Waals surface area (Å²) in [5.41, 5.74) is 0. The number of piperidine rings is 1. The Bertz CT molecular complexity index is 917. The van der Waals surface area contributed by atoms with Gasteiger partial charge in [0.15, 0.2) is 11.6 Å². The topological polar surface area (TPSA) is 115 Å². The first kappa shape index (κ1) is 19.4. The summed E-state index contributed by atoms with van der Waals surface area (Å²) in [7, 11) is 0. The molecular formula is C18H23N9OS. The first-order valence-electron chi connectivity index (χ1n) is 9.80. The van der Waals surface area contributed by atoms with E-state index in [9.17, 15) is 4.79 Å². The molecule has 0 bridgehead atoms. The summed E-state index contributed by atoms with van der Waals surface area (Å²) >= 11 is 1.47. The predicted octanol–water partition coefficient (Wildman–Crippen LogP) is 2.11. The van der Waals surface area contributed by atoms with Crippen LogP contribution in [0.1, 0.15) is 37.6 Å². The van der Waals surface area contributed by atoms with Crippen LogP contribution in [0.2, 0.25) is 0 Å². The molecule has 0 spiro atoms. The quantitative estimate of drug-likeness (QED) is 0.626. The van der Waals surface area contributed by atoms with E-state index in [0.29, 0.717) is 10.9 Å². The van der Waals surface area contributed by atoms with Crippen LogP contribution in [0.25, 0.3) is 5.82 Å². The van der Waals surface area contributed by atoms with Crippen LogP contribution in [-0.2, 0) is 11.2 Å². The van der Waals surface area contributed by atoms with Crippen LogP contribution < -0.4 is 10.2 Å². The number of nitrogens with one attached hydrogen (secondary N) is 1. The highest BCUT2D eigenvalue weighted by Gasteiger charge is 2.26. The molecule has 1 saturated heterocycles. The minimum Gasteiger partial charge on any atom is -0.355 e. The van der Waals surface area contributed by atoms with Crippen molar-refractivity contribution in [2.75, 3.05) is 23.3 Å². The van der Waals surface area contributed by atoms with Gasteiger partial charge in [0.1, 0.15) is 17.7 Å². The third-order valence-corrected chi connectivity index (χ3v) is 5.82. The largest absolute Gasteiger partial charge is 0.355 e. The lowest BCUT2D eigenvalue weighted by molar-refractivity contribution is -0.120. The smallest absolute Gasteiger partial charge is 0.229 e. The number of aryl methyl sites for hydroxylation is 1. The maximum atomic E-state index is 12.6. The molecule has 152 valence electrons. The molecule has 4 heterocycles. The summed E-state index contributed by atoms with van der Waals surface area (Å²) in [6.07, 6.45) is 7.69. The molecule has 1 amide bonds. The Morgan fingerprint density at radius 2 is 1.97 bits per heavy atom. The lowest BCUT2D eigenvalue weighted by atomic mass is 9.96. The number of carbonyl (C=O) groups excluding carboxylic acids is 1. The van der Waals surface area contributed by atoms with Gasteiger partial charge in [-0.3, -0.25) is 4.79 Å². The maximum Gasteiger partial charge on any atom is 0.229 e. The number of aromatic nitrogens is 7. The molecule has 0 aliphatic carbocycles. The van der Waals surface area contributed by atoms with Gasteiger partial charge in [-0.2, -0.15) is 5.10 Å². The Labute approximate surface area is 172 Å². The molecule has 0 radical (unpaired) electrons. The number of nitrogens with zero attached hydrogens (tertiary/aromatic N) is 8. The van der Waals surface area contributed by atoms with Gasteiger partial charge in [-0.05, 0) is 31.4 Å². The van der Waals surface area contributed by atoms with E-state index in [1.54, 1.807) is 11.0 Å². The van der Waals surface area contributed by atoms with E-state index in [2.05, 4.69) is 47.6 Å². The van der Waals surface area contributed by atoms with Gasteiger partial charge in [-0.25, -0.2) is 9.67 Å². The van der Waals surface area contributed by atoms with Crippen molar-refractivity contribution in [3.8, 4) is 5.82 Å². The number of anilines is 2. The minimum atomic E-state index is -0.0309. The molecule has 10 nitrogen and oxygen atoms in total. The Morgan fingerprint density at radius 3 is 2.66 bits per heavy atom. The fraction of sp³-hybridized carbons (Fsp3) is 0.500. The molecule has 0 saturated carbocycles. The van der Waals surface area contributed by atoms with Gasteiger partial charge in [-0.1, -0.05) is 24.7 Å². The van der Waals surface area contributed by atoms with Crippen molar-refractivity contribution in [1.82, 2.24) is 35.2 Å². The highest BCUT2D eigenvalue weighted by Crippen LogP contribution is 2.24. The average molecular weight is 414 g/mol. The standard InChI is InChI=1S/C18H23N9OS/c1-2-3-4-16-24-25-18(29-16)21-17(28)13-7-9-26(10-8-13)14-5-6-15(23-22-14)27-12-19-11-20-27/h5-6,11-13H,2-4,7-10H2,1H3,(H,21,25,28). The first-order valence-corrected chi connectivity index (χ1v) is 10.6. The average Bonchev–Trinajstić information content (AvgIpc) is 3.45. The molecule has 3 aromatic rings. The zero-order valence-corrected chi connectivity index (χ0v) is 17.0. The Morgan fingerprint density at radius 1 is 1.17 bits per heavy atom. The first-order chi connectivity index (χ1) is 14.2. The number of unbranched alkanes of at least 4 members (excludes halogenated alkanes) is 1. The van der Waals surface area contributed by atoms with E-state index < -0.39 is 0 Å². The molecule has 3 aromatic heterocycles. The van der Waals surface area contributed by atoms with Crippen molar-refractivity contribution in [2.45, 2.75) is 39.0 Å². The number of hydrogen-bond donors (Lipinski definition) is 1. The van der Waals surface area contributed by atoms with Gasteiger partial charge in [0.05, 0.1) is 0 Å². The van der Waals surface area contributed by atoms with Gasteiger partial charge >= 0.3 is 0 Å². The second-order valence-electron chi connectivity index (χ2n) is 6.94. The number of rotatable bonds is 7. The molecule has 0 unspecified atom stereocenters. The summed E-state index contributed by atoms with van der Waals surface area (Å²) < 4.78 is 1.56. The van der Waals surface area contributed by atoms with Crippen molar-refractivity contribution >= 4 is 28.2 Å². The van der Waals surface area contributed by atoms with E-state index >= 15 is 0 Å². The van der Waals surface area contributed by atoms with E-state index in [1.165, 1.54) is 17.7 Å². The lowest BCUT2D eigenvalue weighted by Gasteiger charge is -2.31. The molecule has 1 aliphatic heterocycles. The normalized spacial score (nSPS) is 14.9. The highest BCUT2D eigenvalue weighted by atomic mass is 32.1. The Hall–Kier alpha value is -2.95. The summed E-state index contributed by atoms with van der Waals surface area (Å²) in [6, 6.07) is 3.78. The maximum absolute atomic E-state index is 12.6. The monoisotopic (exact) mass is 413 g/mol. The van der Waals surface area contributed by atoms with Gasteiger partial charge < -0.3 is 10.2 Å². The third kappa shape index (κ3) is 4.73. The third-order valence-electron chi connectivity index (χ3n) is 4.92. The molecule has 1 N–H and O–H groups in total. The van der Waals surface area contributed by atoms with E-state index in [1.807, 2.05) is 12.1 Å². The van der Waals surface area contributed by atoms with E-state index in [4.69, 9.17) is 0 Å². The van der Waals surface area contributed by atoms with Crippen LogP contribution in [0.15, 0.2) is 24.8 Å². The van der Waals surface area contributed by atoms with Gasteiger partial charge in [0, 0.05) is 25.4 Å². The fourth-order valence-electron chi connectivity index (χ4n) is 3.25. The zero-order chi connectivity index (χ0) is 20.1. The van der Waals surface area contributed by atoms with Crippen LogP contribution in [-0.4, -0.2) is 54.2 Å². The molecule has 1 fully saturated rings. The number of hydrogen-bond acceptors (Lipinski definition) is 9.